The molecule has 0 bridgehead atoms. The van der Waals surface area contributed by atoms with Gasteiger partial charge in [0.15, 0.2) is 0 Å². The number of fused-ring (bicyclic) bond motifs is 2. The highest BCUT2D eigenvalue weighted by atomic mass is 35.5. The maximum atomic E-state index is 13.8. The van der Waals surface area contributed by atoms with E-state index >= 15 is 0 Å². The average Bonchev–Trinajstić information content (AvgIpc) is 2.93. The van der Waals surface area contributed by atoms with E-state index in [9.17, 15) is 24.6 Å². The molecule has 3 aromatic rings. The van der Waals surface area contributed by atoms with E-state index in [1.165, 1.54) is 56.7 Å². The molecule has 0 unspecified atom stereocenters. The highest BCUT2D eigenvalue weighted by Gasteiger charge is 2.24. The Morgan fingerprint density at radius 1 is 0.756 bits per heavy atom. The molecule has 2 N–H and O–H groups in total. The van der Waals surface area contributed by atoms with Crippen molar-refractivity contribution in [3.05, 3.63) is 56.7 Å². The van der Waals surface area contributed by atoms with Crippen LogP contribution in [-0.2, 0) is 12.8 Å². The first-order chi connectivity index (χ1) is 18.9. The Morgan fingerprint density at radius 3 is 1.90 bits per heavy atom. The Kier molecular flexibility index (Phi) is 12.0. The Morgan fingerprint density at radius 2 is 1.34 bits per heavy atom. The van der Waals surface area contributed by atoms with E-state index < -0.39 is 11.9 Å². The molecule has 5 rings (SSSR count). The van der Waals surface area contributed by atoms with Crippen LogP contribution in [0.2, 0.25) is 0 Å². The zero-order chi connectivity index (χ0) is 27.4. The van der Waals surface area contributed by atoms with Gasteiger partial charge in [0.05, 0.1) is 21.9 Å². The molecule has 0 atom stereocenters. The number of likely N-dealkylation sites (tertiary alicyclic amines) is 2. The summed E-state index contributed by atoms with van der Waals surface area (Å²) in [5.41, 5.74) is 1.73. The van der Waals surface area contributed by atoms with Gasteiger partial charge in [-0.15, -0.1) is 24.8 Å². The van der Waals surface area contributed by atoms with Gasteiger partial charge in [-0.05, 0) is 126 Å². The molecule has 3 heterocycles. The molecular weight excluding hydrogens is 567 g/mol. The van der Waals surface area contributed by atoms with Crippen molar-refractivity contribution in [3.8, 4) is 0 Å². The topological polar surface area (TPSA) is 111 Å². The number of aromatic carboxylic acids is 2. The molecule has 224 valence electrons. The molecule has 2 aromatic carbocycles. The van der Waals surface area contributed by atoms with Crippen molar-refractivity contribution in [3.63, 3.8) is 0 Å². The van der Waals surface area contributed by atoms with Gasteiger partial charge in [0.1, 0.15) is 11.2 Å². The lowest BCUT2D eigenvalue weighted by atomic mass is 9.90. The van der Waals surface area contributed by atoms with E-state index in [0.29, 0.717) is 35.1 Å². The smallest absolute Gasteiger partial charge is 0.336 e. The predicted octanol–water partition coefficient (Wildman–Crippen LogP) is 6.02. The fourth-order valence-corrected chi connectivity index (χ4v) is 6.33. The van der Waals surface area contributed by atoms with Gasteiger partial charge in [-0.1, -0.05) is 12.8 Å². The van der Waals surface area contributed by atoms with Crippen LogP contribution >= 0.6 is 24.8 Å². The van der Waals surface area contributed by atoms with Crippen molar-refractivity contribution in [2.75, 3.05) is 39.3 Å². The summed E-state index contributed by atoms with van der Waals surface area (Å²) in [6.45, 7) is 6.04. The monoisotopic (exact) mass is 606 g/mol. The molecule has 10 heteroatoms. The van der Waals surface area contributed by atoms with E-state index in [1.54, 1.807) is 6.07 Å². The highest BCUT2D eigenvalue weighted by molar-refractivity contribution is 6.02. The number of benzene rings is 2. The third-order valence-electron chi connectivity index (χ3n) is 8.33. The van der Waals surface area contributed by atoms with Crippen LogP contribution in [0, 0.1) is 0 Å². The summed E-state index contributed by atoms with van der Waals surface area (Å²) in [5, 5.41) is 20.3. The lowest BCUT2D eigenvalue weighted by Gasteiger charge is -2.27. The quantitative estimate of drug-likeness (QED) is 0.269. The molecule has 0 spiro atoms. The van der Waals surface area contributed by atoms with Gasteiger partial charge in [0.25, 0.3) is 0 Å². The molecule has 0 radical (unpaired) electrons. The Balaban J connectivity index is 0.00000231. The fraction of sp³-hybridized carbons (Fsp3) is 0.516. The van der Waals surface area contributed by atoms with Gasteiger partial charge in [-0.3, -0.25) is 4.79 Å². The number of piperidine rings is 2. The molecule has 2 saturated heterocycles. The van der Waals surface area contributed by atoms with Crippen LogP contribution in [0.1, 0.15) is 83.2 Å². The molecule has 1 aromatic heterocycles. The van der Waals surface area contributed by atoms with E-state index in [4.69, 9.17) is 4.42 Å². The number of halogens is 2. The van der Waals surface area contributed by atoms with Gasteiger partial charge in [0, 0.05) is 0 Å². The highest BCUT2D eigenvalue weighted by Crippen LogP contribution is 2.30. The summed E-state index contributed by atoms with van der Waals surface area (Å²) < 4.78 is 6.16. The molecule has 2 aliphatic heterocycles. The molecule has 0 aliphatic carbocycles. The van der Waals surface area contributed by atoms with Crippen molar-refractivity contribution in [1.29, 1.82) is 0 Å². The number of hydrogen-bond donors (Lipinski definition) is 2. The van der Waals surface area contributed by atoms with Crippen molar-refractivity contribution in [2.24, 2.45) is 0 Å². The van der Waals surface area contributed by atoms with Gasteiger partial charge in [0.2, 0.25) is 5.43 Å². The van der Waals surface area contributed by atoms with Crippen LogP contribution in [-0.4, -0.2) is 71.2 Å². The third-order valence-corrected chi connectivity index (χ3v) is 8.33. The van der Waals surface area contributed by atoms with Crippen LogP contribution in [0.3, 0.4) is 0 Å². The molecule has 8 nitrogen and oxygen atoms in total. The molecule has 41 heavy (non-hydrogen) atoms. The summed E-state index contributed by atoms with van der Waals surface area (Å²) in [6, 6.07) is 5.99. The van der Waals surface area contributed by atoms with Gasteiger partial charge in [-0.2, -0.15) is 0 Å². The second-order valence-corrected chi connectivity index (χ2v) is 11.0. The first-order valence-electron chi connectivity index (χ1n) is 14.4. The van der Waals surface area contributed by atoms with Crippen LogP contribution in [0.15, 0.2) is 33.5 Å². The van der Waals surface area contributed by atoms with E-state index in [-0.39, 0.29) is 52.1 Å². The van der Waals surface area contributed by atoms with Crippen LogP contribution in [0.5, 0.6) is 0 Å². The predicted molar refractivity (Wildman–Crippen MR) is 166 cm³/mol. The first kappa shape index (κ1) is 32.9. The summed E-state index contributed by atoms with van der Waals surface area (Å²) in [4.78, 5) is 42.9. The van der Waals surface area contributed by atoms with Gasteiger partial charge in [-0.25, -0.2) is 9.59 Å². The average molecular weight is 608 g/mol. The molecule has 0 saturated carbocycles. The van der Waals surface area contributed by atoms with Crippen molar-refractivity contribution < 1.29 is 24.2 Å². The molecule has 0 amide bonds. The normalized spacial score (nSPS) is 16.3. The van der Waals surface area contributed by atoms with Gasteiger partial charge >= 0.3 is 11.9 Å². The second-order valence-electron chi connectivity index (χ2n) is 11.0. The van der Waals surface area contributed by atoms with E-state index in [2.05, 4.69) is 9.80 Å². The number of hydrogen-bond acceptors (Lipinski definition) is 6. The van der Waals surface area contributed by atoms with Crippen LogP contribution in [0.25, 0.3) is 21.9 Å². The summed E-state index contributed by atoms with van der Waals surface area (Å²) in [6.07, 6.45) is 9.89. The standard InChI is InChI=1S/C31H38N2O6.2ClH/c34-29-24-19-22(30(35)36)11-12-25(24)39-26-20-21(9-7-17-32-13-3-1-4-14-32)27(31(37)38)23(28(26)29)10-8-18-33-15-5-2-6-16-33;;/h11-12,19-20H,1-10,13-18H2,(H,35,36)(H,37,38);2*1H. The maximum absolute atomic E-state index is 13.8. The maximum Gasteiger partial charge on any atom is 0.336 e. The van der Waals surface area contributed by atoms with E-state index in [1.807, 2.05) is 0 Å². The zero-order valence-corrected chi connectivity index (χ0v) is 25.0. The Labute approximate surface area is 252 Å². The number of carbonyl (C=O) groups is 2. The minimum Gasteiger partial charge on any atom is -0.478 e. The Bertz CT molecular complexity index is 1430. The SMILES string of the molecule is Cl.Cl.O=C(O)c1ccc2oc3cc(CCCN4CCCCC4)c(C(=O)O)c(CCCN4CCCCC4)c3c(=O)c2c1. The first-order valence-corrected chi connectivity index (χ1v) is 14.4. The number of nitrogens with zero attached hydrogens (tertiary/aromatic N) is 2. The molecule has 2 fully saturated rings. The Hall–Kier alpha value is -2.65. The lowest BCUT2D eigenvalue weighted by molar-refractivity contribution is 0.0685. The minimum atomic E-state index is -1.13. The lowest BCUT2D eigenvalue weighted by Crippen LogP contribution is -2.31. The molecular formula is C31H40Cl2N2O6. The summed E-state index contributed by atoms with van der Waals surface area (Å²) in [7, 11) is 0. The van der Waals surface area contributed by atoms with Crippen molar-refractivity contribution >= 4 is 58.7 Å². The van der Waals surface area contributed by atoms with Crippen molar-refractivity contribution in [1.82, 2.24) is 9.80 Å². The number of aryl methyl sites for hydroxylation is 2. The van der Waals surface area contributed by atoms with Crippen molar-refractivity contribution in [2.45, 2.75) is 64.2 Å². The number of rotatable bonds is 10. The van der Waals surface area contributed by atoms with E-state index in [0.717, 1.165) is 52.1 Å². The van der Waals surface area contributed by atoms with Crippen LogP contribution < -0.4 is 5.43 Å². The second kappa shape index (κ2) is 15.0. The third kappa shape index (κ3) is 7.60. The largest absolute Gasteiger partial charge is 0.478 e. The summed E-state index contributed by atoms with van der Waals surface area (Å²) in [5.74, 6) is -2.16. The fourth-order valence-electron chi connectivity index (χ4n) is 6.33. The minimum absolute atomic E-state index is 0. The zero-order valence-electron chi connectivity index (χ0n) is 23.4. The molecule has 2 aliphatic rings. The van der Waals surface area contributed by atoms with Gasteiger partial charge < -0.3 is 24.4 Å². The number of carboxylic acid groups (broad SMARTS) is 2. The summed E-state index contributed by atoms with van der Waals surface area (Å²) >= 11 is 0. The van der Waals surface area contributed by atoms with Crippen LogP contribution in [0.4, 0.5) is 0 Å². The number of carboxylic acids is 2.